The summed E-state index contributed by atoms with van der Waals surface area (Å²) >= 11 is 0. The highest BCUT2D eigenvalue weighted by Gasteiger charge is 2.30. The Morgan fingerprint density at radius 2 is 1.93 bits per heavy atom. The molecule has 0 saturated carbocycles. The molecule has 150 valence electrons. The molecule has 0 aliphatic carbocycles. The molecular formula is C23H30N2O3. The van der Waals surface area contributed by atoms with Gasteiger partial charge in [-0.05, 0) is 61.6 Å². The van der Waals surface area contributed by atoms with E-state index in [0.717, 1.165) is 25.1 Å². The van der Waals surface area contributed by atoms with Gasteiger partial charge in [-0.2, -0.15) is 0 Å². The minimum atomic E-state index is -0.144. The molecule has 1 amide bonds. The standard InChI is InChI=1S/C23H30N2O3/c1-16-7-5-6-8-20(16)19-11-12-25(15-19)17(2)23(26)24-14-18-9-10-21(27-3)22(13-18)28-4/h5-10,13,17,19H,11-12,14-15H2,1-4H3,(H,24,26). The van der Waals surface area contributed by atoms with Gasteiger partial charge in [0.25, 0.3) is 0 Å². The van der Waals surface area contributed by atoms with Gasteiger partial charge in [-0.3, -0.25) is 9.69 Å². The van der Waals surface area contributed by atoms with Crippen molar-refractivity contribution in [2.24, 2.45) is 0 Å². The second-order valence-corrected chi connectivity index (χ2v) is 7.42. The highest BCUT2D eigenvalue weighted by atomic mass is 16.5. The zero-order valence-electron chi connectivity index (χ0n) is 17.2. The quantitative estimate of drug-likeness (QED) is 0.796. The van der Waals surface area contributed by atoms with Gasteiger partial charge >= 0.3 is 0 Å². The SMILES string of the molecule is COc1ccc(CNC(=O)C(C)N2CCC(c3ccccc3C)C2)cc1OC. The molecule has 1 heterocycles. The van der Waals surface area contributed by atoms with Gasteiger partial charge in [0.1, 0.15) is 0 Å². The predicted molar refractivity (Wildman–Crippen MR) is 111 cm³/mol. The van der Waals surface area contributed by atoms with E-state index in [-0.39, 0.29) is 11.9 Å². The Hall–Kier alpha value is -2.53. The van der Waals surface area contributed by atoms with Crippen molar-refractivity contribution in [2.75, 3.05) is 27.3 Å². The fourth-order valence-corrected chi connectivity index (χ4v) is 3.93. The molecule has 1 aliphatic rings. The van der Waals surface area contributed by atoms with E-state index in [0.29, 0.717) is 24.0 Å². The summed E-state index contributed by atoms with van der Waals surface area (Å²) in [5, 5.41) is 3.05. The second-order valence-electron chi connectivity index (χ2n) is 7.42. The fraction of sp³-hybridized carbons (Fsp3) is 0.435. The molecule has 5 nitrogen and oxygen atoms in total. The van der Waals surface area contributed by atoms with Crippen LogP contribution < -0.4 is 14.8 Å². The molecule has 1 saturated heterocycles. The lowest BCUT2D eigenvalue weighted by Crippen LogP contribution is -2.43. The number of rotatable bonds is 7. The molecule has 2 atom stereocenters. The van der Waals surface area contributed by atoms with E-state index in [1.54, 1.807) is 14.2 Å². The van der Waals surface area contributed by atoms with Crippen molar-refractivity contribution in [1.82, 2.24) is 10.2 Å². The minimum Gasteiger partial charge on any atom is -0.493 e. The fourth-order valence-electron chi connectivity index (χ4n) is 3.93. The molecule has 3 rings (SSSR count). The van der Waals surface area contributed by atoms with Crippen molar-refractivity contribution >= 4 is 5.91 Å². The van der Waals surface area contributed by atoms with Crippen LogP contribution in [0.25, 0.3) is 0 Å². The van der Waals surface area contributed by atoms with Crippen molar-refractivity contribution < 1.29 is 14.3 Å². The maximum Gasteiger partial charge on any atom is 0.237 e. The average Bonchev–Trinajstić information content (AvgIpc) is 3.21. The first-order valence-electron chi connectivity index (χ1n) is 9.81. The number of aryl methyl sites for hydroxylation is 1. The third-order valence-electron chi connectivity index (χ3n) is 5.69. The lowest BCUT2D eigenvalue weighted by atomic mass is 9.94. The number of hydrogen-bond acceptors (Lipinski definition) is 4. The zero-order valence-corrected chi connectivity index (χ0v) is 17.2. The van der Waals surface area contributed by atoms with Gasteiger partial charge in [0.2, 0.25) is 5.91 Å². The van der Waals surface area contributed by atoms with Crippen LogP contribution in [0.5, 0.6) is 11.5 Å². The van der Waals surface area contributed by atoms with Gasteiger partial charge < -0.3 is 14.8 Å². The largest absolute Gasteiger partial charge is 0.493 e. The molecule has 5 heteroatoms. The van der Waals surface area contributed by atoms with E-state index in [4.69, 9.17) is 9.47 Å². The van der Waals surface area contributed by atoms with E-state index >= 15 is 0 Å². The number of nitrogens with one attached hydrogen (secondary N) is 1. The van der Waals surface area contributed by atoms with E-state index in [1.807, 2.05) is 25.1 Å². The van der Waals surface area contributed by atoms with E-state index in [2.05, 4.69) is 41.4 Å². The molecule has 2 aromatic rings. The summed E-state index contributed by atoms with van der Waals surface area (Å²) in [7, 11) is 3.22. The summed E-state index contributed by atoms with van der Waals surface area (Å²) in [6.07, 6.45) is 1.10. The number of likely N-dealkylation sites (tertiary alicyclic amines) is 1. The first-order valence-corrected chi connectivity index (χ1v) is 9.81. The molecule has 0 aromatic heterocycles. The lowest BCUT2D eigenvalue weighted by molar-refractivity contribution is -0.125. The lowest BCUT2D eigenvalue weighted by Gasteiger charge is -2.24. The smallest absolute Gasteiger partial charge is 0.237 e. The Bertz CT molecular complexity index is 821. The van der Waals surface area contributed by atoms with E-state index < -0.39 is 0 Å². The van der Waals surface area contributed by atoms with Gasteiger partial charge in [0.15, 0.2) is 11.5 Å². The van der Waals surface area contributed by atoms with Gasteiger partial charge in [-0.1, -0.05) is 30.3 Å². The number of amides is 1. The topological polar surface area (TPSA) is 50.8 Å². The third kappa shape index (κ3) is 4.47. The molecule has 2 aromatic carbocycles. The minimum absolute atomic E-state index is 0.0558. The molecule has 2 unspecified atom stereocenters. The number of nitrogens with zero attached hydrogens (tertiary/aromatic N) is 1. The van der Waals surface area contributed by atoms with Crippen LogP contribution in [0.15, 0.2) is 42.5 Å². The normalized spacial score (nSPS) is 17.9. The zero-order chi connectivity index (χ0) is 20.1. The molecular weight excluding hydrogens is 352 g/mol. The molecule has 1 aliphatic heterocycles. The Balaban J connectivity index is 1.56. The molecule has 28 heavy (non-hydrogen) atoms. The number of hydrogen-bond donors (Lipinski definition) is 1. The number of carbonyl (C=O) groups excluding carboxylic acids is 1. The Kier molecular flexibility index (Phi) is 6.57. The Morgan fingerprint density at radius 3 is 2.64 bits per heavy atom. The molecule has 1 fully saturated rings. The summed E-state index contributed by atoms with van der Waals surface area (Å²) < 4.78 is 10.6. The van der Waals surface area contributed by atoms with Gasteiger partial charge in [-0.25, -0.2) is 0 Å². The first-order chi connectivity index (χ1) is 13.5. The third-order valence-corrected chi connectivity index (χ3v) is 5.69. The van der Waals surface area contributed by atoms with E-state index in [1.165, 1.54) is 11.1 Å². The highest BCUT2D eigenvalue weighted by molar-refractivity contribution is 5.81. The van der Waals surface area contributed by atoms with Crippen molar-refractivity contribution in [3.05, 3.63) is 59.2 Å². The average molecular weight is 383 g/mol. The number of methoxy groups -OCH3 is 2. The van der Waals surface area contributed by atoms with Crippen molar-refractivity contribution in [2.45, 2.75) is 38.8 Å². The molecule has 0 radical (unpaired) electrons. The van der Waals surface area contributed by atoms with Crippen molar-refractivity contribution in [3.8, 4) is 11.5 Å². The first kappa shape index (κ1) is 20.2. The molecule has 0 spiro atoms. The van der Waals surface area contributed by atoms with Gasteiger partial charge in [0.05, 0.1) is 20.3 Å². The van der Waals surface area contributed by atoms with Crippen LogP contribution in [0.2, 0.25) is 0 Å². The second kappa shape index (κ2) is 9.11. The maximum absolute atomic E-state index is 12.7. The predicted octanol–water partition coefficient (Wildman–Crippen LogP) is 3.51. The molecule has 0 bridgehead atoms. The van der Waals surface area contributed by atoms with Crippen LogP contribution in [0.1, 0.15) is 36.0 Å². The van der Waals surface area contributed by atoms with Crippen LogP contribution >= 0.6 is 0 Å². The summed E-state index contributed by atoms with van der Waals surface area (Å²) in [5.74, 6) is 1.91. The number of benzene rings is 2. The van der Waals surface area contributed by atoms with Gasteiger partial charge in [0, 0.05) is 13.1 Å². The van der Waals surface area contributed by atoms with Crippen LogP contribution in [-0.4, -0.2) is 44.2 Å². The Morgan fingerprint density at radius 1 is 1.18 bits per heavy atom. The summed E-state index contributed by atoms with van der Waals surface area (Å²) in [4.78, 5) is 15.0. The van der Waals surface area contributed by atoms with Crippen LogP contribution in [0.4, 0.5) is 0 Å². The van der Waals surface area contributed by atoms with Crippen LogP contribution in [0.3, 0.4) is 0 Å². The van der Waals surface area contributed by atoms with Crippen molar-refractivity contribution in [3.63, 3.8) is 0 Å². The van der Waals surface area contributed by atoms with E-state index in [9.17, 15) is 4.79 Å². The van der Waals surface area contributed by atoms with Gasteiger partial charge in [-0.15, -0.1) is 0 Å². The summed E-state index contributed by atoms with van der Waals surface area (Å²) in [5.41, 5.74) is 3.72. The molecule has 1 N–H and O–H groups in total. The maximum atomic E-state index is 12.7. The Labute approximate surface area is 167 Å². The number of ether oxygens (including phenoxy) is 2. The van der Waals surface area contributed by atoms with Crippen LogP contribution in [0, 0.1) is 6.92 Å². The number of carbonyl (C=O) groups is 1. The summed E-state index contributed by atoms with van der Waals surface area (Å²) in [6, 6.07) is 14.1. The monoisotopic (exact) mass is 382 g/mol. The van der Waals surface area contributed by atoms with Crippen LogP contribution in [-0.2, 0) is 11.3 Å². The van der Waals surface area contributed by atoms with Crippen molar-refractivity contribution in [1.29, 1.82) is 0 Å². The summed E-state index contributed by atoms with van der Waals surface area (Å²) in [6.45, 7) is 6.50. The highest BCUT2D eigenvalue weighted by Crippen LogP contribution is 2.30.